The van der Waals surface area contributed by atoms with Crippen molar-refractivity contribution in [3.63, 3.8) is 0 Å². The van der Waals surface area contributed by atoms with Gasteiger partial charge in [0, 0.05) is 10.2 Å². The molecule has 2 aromatic rings. The molecule has 0 aliphatic heterocycles. The van der Waals surface area contributed by atoms with E-state index in [4.69, 9.17) is 16.7 Å². The van der Waals surface area contributed by atoms with E-state index in [1.807, 2.05) is 0 Å². The number of amides is 1. The summed E-state index contributed by atoms with van der Waals surface area (Å²) in [6.07, 6.45) is 0. The third-order valence-corrected chi connectivity index (χ3v) is 3.48. The minimum absolute atomic E-state index is 0.0741. The Balaban J connectivity index is 2.27. The van der Waals surface area contributed by atoms with Gasteiger partial charge in [-0.3, -0.25) is 4.79 Å². The van der Waals surface area contributed by atoms with Crippen LogP contribution in [0.5, 0.6) is 5.75 Å². The number of aromatic hydroxyl groups is 1. The molecule has 0 spiro atoms. The number of phenolic OH excluding ortho intramolecular Hbond substituents is 1. The largest absolute Gasteiger partial charge is 0.507 e. The van der Waals surface area contributed by atoms with Gasteiger partial charge in [0.15, 0.2) is 0 Å². The van der Waals surface area contributed by atoms with Crippen molar-refractivity contribution in [1.82, 2.24) is 0 Å². The van der Waals surface area contributed by atoms with Gasteiger partial charge in [-0.25, -0.2) is 4.79 Å². The molecular weight excluding hydrogens is 362 g/mol. The van der Waals surface area contributed by atoms with Gasteiger partial charge in [0.05, 0.1) is 16.1 Å². The highest BCUT2D eigenvalue weighted by Gasteiger charge is 2.14. The molecule has 0 unspecified atom stereocenters. The van der Waals surface area contributed by atoms with Gasteiger partial charge in [-0.15, -0.1) is 0 Å². The number of nitrogens with one attached hydrogen (secondary N) is 1. The van der Waals surface area contributed by atoms with Gasteiger partial charge in [0.1, 0.15) is 5.75 Å². The Morgan fingerprint density at radius 2 is 1.81 bits per heavy atom. The lowest BCUT2D eigenvalue weighted by Crippen LogP contribution is -2.12. The molecule has 21 heavy (non-hydrogen) atoms. The third kappa shape index (κ3) is 3.53. The first-order valence-corrected chi connectivity index (χ1v) is 6.88. The summed E-state index contributed by atoms with van der Waals surface area (Å²) in [5.41, 5.74) is 0.226. The van der Waals surface area contributed by atoms with Crippen LogP contribution in [0, 0.1) is 0 Å². The predicted octanol–water partition coefficient (Wildman–Crippen LogP) is 3.76. The number of aromatic carboxylic acids is 1. The number of halogens is 2. The van der Waals surface area contributed by atoms with Crippen LogP contribution in [0.15, 0.2) is 40.9 Å². The molecule has 108 valence electrons. The summed E-state index contributed by atoms with van der Waals surface area (Å²) in [4.78, 5) is 23.0. The lowest BCUT2D eigenvalue weighted by atomic mass is 10.1. The van der Waals surface area contributed by atoms with Gasteiger partial charge in [-0.1, -0.05) is 27.5 Å². The zero-order valence-corrected chi connectivity index (χ0v) is 12.8. The maximum atomic E-state index is 12.0. The summed E-state index contributed by atoms with van der Waals surface area (Å²) >= 11 is 8.92. The second-order valence-corrected chi connectivity index (χ2v) is 5.44. The Kier molecular flexibility index (Phi) is 4.50. The van der Waals surface area contributed by atoms with Crippen molar-refractivity contribution in [3.05, 3.63) is 57.0 Å². The maximum Gasteiger partial charge on any atom is 0.337 e. The van der Waals surface area contributed by atoms with Crippen LogP contribution in [0.4, 0.5) is 5.69 Å². The SMILES string of the molecule is O=C(Nc1ccc(Cl)c(C(=O)O)c1)c1ccc(Br)cc1O. The number of carboxylic acid groups (broad SMARTS) is 1. The van der Waals surface area contributed by atoms with Crippen LogP contribution >= 0.6 is 27.5 Å². The highest BCUT2D eigenvalue weighted by Crippen LogP contribution is 2.25. The minimum atomic E-state index is -1.19. The van der Waals surface area contributed by atoms with Crippen molar-refractivity contribution in [1.29, 1.82) is 0 Å². The predicted molar refractivity (Wildman–Crippen MR) is 82.2 cm³/mol. The van der Waals surface area contributed by atoms with Crippen molar-refractivity contribution in [2.45, 2.75) is 0 Å². The normalized spacial score (nSPS) is 10.2. The van der Waals surface area contributed by atoms with E-state index in [1.54, 1.807) is 6.07 Å². The van der Waals surface area contributed by atoms with Gasteiger partial charge in [0.25, 0.3) is 5.91 Å². The summed E-state index contributed by atoms with van der Waals surface area (Å²) < 4.78 is 0.635. The number of hydrogen-bond donors (Lipinski definition) is 3. The summed E-state index contributed by atoms with van der Waals surface area (Å²) in [5, 5.41) is 21.3. The Morgan fingerprint density at radius 3 is 2.43 bits per heavy atom. The van der Waals surface area contributed by atoms with Crippen LogP contribution in [0.2, 0.25) is 5.02 Å². The summed E-state index contributed by atoms with van der Waals surface area (Å²) in [6.45, 7) is 0. The molecule has 0 aliphatic rings. The zero-order valence-electron chi connectivity index (χ0n) is 10.4. The molecule has 0 heterocycles. The molecule has 0 radical (unpaired) electrons. The van der Waals surface area contributed by atoms with Gasteiger partial charge in [0.2, 0.25) is 0 Å². The first kappa shape index (κ1) is 15.3. The molecule has 0 aromatic heterocycles. The van der Waals surface area contributed by atoms with Crippen LogP contribution in [0.1, 0.15) is 20.7 Å². The average Bonchev–Trinajstić information content (AvgIpc) is 2.40. The molecule has 0 saturated heterocycles. The van der Waals surface area contributed by atoms with Crippen LogP contribution in [-0.2, 0) is 0 Å². The van der Waals surface area contributed by atoms with Crippen molar-refractivity contribution in [2.75, 3.05) is 5.32 Å². The standard InChI is InChI=1S/C14H9BrClNO4/c15-7-1-3-9(12(18)5-7)13(19)17-8-2-4-11(16)10(6-8)14(20)21/h1-6,18H,(H,17,19)(H,20,21). The fourth-order valence-electron chi connectivity index (χ4n) is 1.66. The first-order chi connectivity index (χ1) is 9.88. The zero-order chi connectivity index (χ0) is 15.6. The van der Waals surface area contributed by atoms with Crippen LogP contribution < -0.4 is 5.32 Å². The summed E-state index contributed by atoms with van der Waals surface area (Å²) in [7, 11) is 0. The molecule has 2 aromatic carbocycles. The highest BCUT2D eigenvalue weighted by atomic mass is 79.9. The lowest BCUT2D eigenvalue weighted by Gasteiger charge is -2.08. The van der Waals surface area contributed by atoms with E-state index in [1.165, 1.54) is 30.3 Å². The molecule has 0 saturated carbocycles. The van der Waals surface area contributed by atoms with E-state index in [2.05, 4.69) is 21.2 Å². The molecule has 5 nitrogen and oxygen atoms in total. The summed E-state index contributed by atoms with van der Waals surface area (Å²) in [6, 6.07) is 8.55. The number of carbonyl (C=O) groups is 2. The smallest absolute Gasteiger partial charge is 0.337 e. The topological polar surface area (TPSA) is 86.6 Å². The second-order valence-electron chi connectivity index (χ2n) is 4.12. The molecule has 1 amide bonds. The third-order valence-electron chi connectivity index (χ3n) is 2.66. The monoisotopic (exact) mass is 369 g/mol. The number of hydrogen-bond acceptors (Lipinski definition) is 3. The van der Waals surface area contributed by atoms with E-state index >= 15 is 0 Å². The van der Waals surface area contributed by atoms with Gasteiger partial charge in [-0.05, 0) is 36.4 Å². The van der Waals surface area contributed by atoms with E-state index in [-0.39, 0.29) is 27.6 Å². The van der Waals surface area contributed by atoms with E-state index in [9.17, 15) is 14.7 Å². The number of phenols is 1. The van der Waals surface area contributed by atoms with Crippen LogP contribution in [0.3, 0.4) is 0 Å². The molecular formula is C14H9BrClNO4. The van der Waals surface area contributed by atoms with Crippen molar-refractivity contribution in [3.8, 4) is 5.75 Å². The fourth-order valence-corrected chi connectivity index (χ4v) is 2.21. The van der Waals surface area contributed by atoms with Gasteiger partial charge < -0.3 is 15.5 Å². The first-order valence-electron chi connectivity index (χ1n) is 5.71. The number of carboxylic acids is 1. The highest BCUT2D eigenvalue weighted by molar-refractivity contribution is 9.10. The molecule has 0 aliphatic carbocycles. The number of carbonyl (C=O) groups excluding carboxylic acids is 1. The molecule has 0 fully saturated rings. The molecule has 7 heteroatoms. The Hall–Kier alpha value is -2.05. The number of anilines is 1. The van der Waals surface area contributed by atoms with Crippen LogP contribution in [-0.4, -0.2) is 22.1 Å². The van der Waals surface area contributed by atoms with Gasteiger partial charge >= 0.3 is 5.97 Å². The van der Waals surface area contributed by atoms with Gasteiger partial charge in [-0.2, -0.15) is 0 Å². The summed E-state index contributed by atoms with van der Waals surface area (Å²) in [5.74, 6) is -1.93. The Morgan fingerprint density at radius 1 is 1.10 bits per heavy atom. The number of rotatable bonds is 3. The minimum Gasteiger partial charge on any atom is -0.507 e. The number of benzene rings is 2. The lowest BCUT2D eigenvalue weighted by molar-refractivity contribution is 0.0696. The van der Waals surface area contributed by atoms with Crippen molar-refractivity contribution < 1.29 is 19.8 Å². The van der Waals surface area contributed by atoms with Crippen LogP contribution in [0.25, 0.3) is 0 Å². The van der Waals surface area contributed by atoms with E-state index in [0.717, 1.165) is 0 Å². The van der Waals surface area contributed by atoms with Crippen molar-refractivity contribution >= 4 is 45.1 Å². The molecule has 0 atom stereocenters. The molecule has 3 N–H and O–H groups in total. The van der Waals surface area contributed by atoms with E-state index in [0.29, 0.717) is 4.47 Å². The van der Waals surface area contributed by atoms with Crippen molar-refractivity contribution in [2.24, 2.45) is 0 Å². The van der Waals surface area contributed by atoms with E-state index < -0.39 is 11.9 Å². The second kappa shape index (κ2) is 6.15. The average molecular weight is 371 g/mol. The maximum absolute atomic E-state index is 12.0. The molecule has 2 rings (SSSR count). The Labute approximate surface area is 133 Å². The quantitative estimate of drug-likeness (QED) is 0.768. The molecule has 0 bridgehead atoms. The fraction of sp³-hybridized carbons (Fsp3) is 0. The Bertz CT molecular complexity index is 733.